The van der Waals surface area contributed by atoms with E-state index in [0.717, 1.165) is 31.7 Å². The molecule has 1 aromatic carbocycles. The molecule has 1 fully saturated rings. The lowest BCUT2D eigenvalue weighted by Crippen LogP contribution is -2.42. The van der Waals surface area contributed by atoms with Crippen molar-refractivity contribution < 1.29 is 28.7 Å². The number of nitro groups is 1. The van der Waals surface area contributed by atoms with E-state index in [-0.39, 0.29) is 23.1 Å². The number of ether oxygens (including phenoxy) is 3. The van der Waals surface area contributed by atoms with E-state index in [1.807, 2.05) is 0 Å². The van der Waals surface area contributed by atoms with E-state index >= 15 is 0 Å². The first-order valence-electron chi connectivity index (χ1n) is 8.74. The molecule has 0 spiro atoms. The van der Waals surface area contributed by atoms with Gasteiger partial charge in [0.2, 0.25) is 0 Å². The van der Waals surface area contributed by atoms with E-state index in [4.69, 9.17) is 14.2 Å². The molecule has 1 aliphatic carbocycles. The zero-order valence-corrected chi connectivity index (χ0v) is 15.6. The first kappa shape index (κ1) is 20.5. The van der Waals surface area contributed by atoms with Gasteiger partial charge >= 0.3 is 5.97 Å². The van der Waals surface area contributed by atoms with Crippen LogP contribution >= 0.6 is 0 Å². The molecule has 0 heterocycles. The molecule has 2 rings (SSSR count). The van der Waals surface area contributed by atoms with Crippen LogP contribution in [0.15, 0.2) is 12.1 Å². The van der Waals surface area contributed by atoms with Crippen LogP contribution in [-0.4, -0.2) is 43.7 Å². The smallest absolute Gasteiger partial charge is 0.345 e. The Morgan fingerprint density at radius 1 is 1.19 bits per heavy atom. The molecule has 0 saturated heterocycles. The summed E-state index contributed by atoms with van der Waals surface area (Å²) in [7, 11) is 2.67. The Labute approximate surface area is 157 Å². The van der Waals surface area contributed by atoms with Crippen molar-refractivity contribution >= 4 is 17.6 Å². The van der Waals surface area contributed by atoms with Gasteiger partial charge in [-0.05, 0) is 18.8 Å². The Balaban J connectivity index is 2.06. The largest absolute Gasteiger partial charge is 0.493 e. The molecule has 27 heavy (non-hydrogen) atoms. The fourth-order valence-electron chi connectivity index (χ4n) is 3.17. The number of rotatable bonds is 7. The van der Waals surface area contributed by atoms with Crippen LogP contribution in [0.2, 0.25) is 0 Å². The molecule has 0 bridgehead atoms. The summed E-state index contributed by atoms with van der Waals surface area (Å²) in [4.78, 5) is 34.9. The minimum Gasteiger partial charge on any atom is -0.493 e. The summed E-state index contributed by atoms with van der Waals surface area (Å²) >= 11 is 0. The number of amides is 1. The van der Waals surface area contributed by atoms with Gasteiger partial charge in [-0.25, -0.2) is 4.79 Å². The van der Waals surface area contributed by atoms with Gasteiger partial charge in [-0.3, -0.25) is 14.9 Å². The van der Waals surface area contributed by atoms with Gasteiger partial charge in [0, 0.05) is 12.1 Å². The average Bonchev–Trinajstić information content (AvgIpc) is 2.66. The molecule has 0 aliphatic heterocycles. The molecule has 0 aromatic heterocycles. The normalized spacial score (nSPS) is 19.1. The minimum absolute atomic E-state index is 0.0559. The highest BCUT2D eigenvalue weighted by Gasteiger charge is 2.27. The van der Waals surface area contributed by atoms with Crippen LogP contribution in [0.1, 0.15) is 43.0 Å². The maximum Gasteiger partial charge on any atom is 0.345 e. The third kappa shape index (κ3) is 5.08. The Bertz CT molecular complexity index is 720. The van der Waals surface area contributed by atoms with Crippen LogP contribution in [0.4, 0.5) is 5.69 Å². The minimum atomic E-state index is -0.977. The lowest BCUT2D eigenvalue weighted by atomic mass is 9.86. The van der Waals surface area contributed by atoms with Crippen LogP contribution < -0.4 is 14.8 Å². The Kier molecular flexibility index (Phi) is 6.98. The topological polar surface area (TPSA) is 117 Å². The zero-order chi connectivity index (χ0) is 20.0. The second kappa shape index (κ2) is 9.20. The molecule has 1 aliphatic rings. The van der Waals surface area contributed by atoms with Crippen molar-refractivity contribution in [1.82, 2.24) is 5.32 Å². The summed E-state index contributed by atoms with van der Waals surface area (Å²) in [5, 5.41) is 14.1. The average molecular weight is 380 g/mol. The summed E-state index contributed by atoms with van der Waals surface area (Å²) in [6, 6.07) is 2.31. The number of nitro benzene ring substituents is 1. The fraction of sp³-hybridized carbons (Fsp3) is 0.556. The van der Waals surface area contributed by atoms with Crippen LogP contribution in [0.3, 0.4) is 0 Å². The van der Waals surface area contributed by atoms with Gasteiger partial charge in [-0.1, -0.05) is 19.8 Å². The predicted molar refractivity (Wildman–Crippen MR) is 96.0 cm³/mol. The summed E-state index contributed by atoms with van der Waals surface area (Å²) in [5.41, 5.74) is -0.796. The molecule has 0 radical (unpaired) electrons. The number of nitrogens with zero attached hydrogens (tertiary/aromatic N) is 1. The van der Waals surface area contributed by atoms with Gasteiger partial charge in [0.25, 0.3) is 11.6 Å². The molecule has 1 saturated carbocycles. The second-order valence-corrected chi connectivity index (χ2v) is 6.49. The number of carbonyl (C=O) groups is 2. The van der Waals surface area contributed by atoms with Crippen molar-refractivity contribution in [3.63, 3.8) is 0 Å². The number of benzene rings is 1. The molecule has 9 heteroatoms. The van der Waals surface area contributed by atoms with Gasteiger partial charge in [-0.15, -0.1) is 0 Å². The van der Waals surface area contributed by atoms with Gasteiger partial charge < -0.3 is 19.5 Å². The monoisotopic (exact) mass is 380 g/mol. The highest BCUT2D eigenvalue weighted by molar-refractivity contribution is 5.96. The second-order valence-electron chi connectivity index (χ2n) is 6.49. The Morgan fingerprint density at radius 2 is 1.81 bits per heavy atom. The van der Waals surface area contributed by atoms with Crippen molar-refractivity contribution in [3.8, 4) is 11.5 Å². The number of carbonyl (C=O) groups excluding carboxylic acids is 2. The maximum absolute atomic E-state index is 12.3. The summed E-state index contributed by atoms with van der Waals surface area (Å²) in [5.74, 6) is -0.773. The summed E-state index contributed by atoms with van der Waals surface area (Å²) < 4.78 is 15.1. The standard InChI is InChI=1S/C18H24N2O7/c1-11-6-4-5-7-13(11)19-17(21)10-27-18(22)12-8-15(25-2)16(26-3)9-14(12)20(23)24/h8-9,11,13H,4-7,10H2,1-3H3,(H,19,21)/t11-,13-/m1/s1. The number of hydrogen-bond acceptors (Lipinski definition) is 7. The van der Waals surface area contributed by atoms with Crippen LogP contribution in [0, 0.1) is 16.0 Å². The van der Waals surface area contributed by atoms with Gasteiger partial charge in [0.15, 0.2) is 18.1 Å². The lowest BCUT2D eigenvalue weighted by molar-refractivity contribution is -0.385. The highest BCUT2D eigenvalue weighted by atomic mass is 16.6. The van der Waals surface area contributed by atoms with E-state index in [1.54, 1.807) is 0 Å². The number of esters is 1. The summed E-state index contributed by atoms with van der Waals surface area (Å²) in [6.45, 7) is 1.57. The quantitative estimate of drug-likeness (QED) is 0.439. The number of nitrogens with one attached hydrogen (secondary N) is 1. The van der Waals surface area contributed by atoms with Gasteiger partial charge in [-0.2, -0.15) is 0 Å². The maximum atomic E-state index is 12.3. The molecular weight excluding hydrogens is 356 g/mol. The third-order valence-electron chi connectivity index (χ3n) is 4.71. The molecule has 1 aromatic rings. The first-order chi connectivity index (χ1) is 12.9. The fourth-order valence-corrected chi connectivity index (χ4v) is 3.17. The van der Waals surface area contributed by atoms with Crippen molar-refractivity contribution in [1.29, 1.82) is 0 Å². The van der Waals surface area contributed by atoms with E-state index in [0.29, 0.717) is 5.92 Å². The highest BCUT2D eigenvalue weighted by Crippen LogP contribution is 2.34. The van der Waals surface area contributed by atoms with Crippen LogP contribution in [0.5, 0.6) is 11.5 Å². The molecule has 1 amide bonds. The first-order valence-corrected chi connectivity index (χ1v) is 8.74. The molecule has 9 nitrogen and oxygen atoms in total. The van der Waals surface area contributed by atoms with E-state index in [1.165, 1.54) is 20.3 Å². The van der Waals surface area contributed by atoms with E-state index < -0.39 is 29.1 Å². The SMILES string of the molecule is COc1cc(C(=O)OCC(=O)N[C@@H]2CCCC[C@H]2C)c([N+](=O)[O-])cc1OC. The van der Waals surface area contributed by atoms with E-state index in [2.05, 4.69) is 12.2 Å². The van der Waals surface area contributed by atoms with Crippen molar-refractivity contribution in [2.24, 2.45) is 5.92 Å². The third-order valence-corrected chi connectivity index (χ3v) is 4.71. The van der Waals surface area contributed by atoms with Gasteiger partial charge in [0.1, 0.15) is 5.56 Å². The van der Waals surface area contributed by atoms with Gasteiger partial charge in [0.05, 0.1) is 25.2 Å². The number of hydrogen-bond donors (Lipinski definition) is 1. The zero-order valence-electron chi connectivity index (χ0n) is 15.6. The molecule has 2 atom stereocenters. The Hall–Kier alpha value is -2.84. The molecule has 148 valence electrons. The molecule has 1 N–H and O–H groups in total. The van der Waals surface area contributed by atoms with Crippen molar-refractivity contribution in [2.75, 3.05) is 20.8 Å². The predicted octanol–water partition coefficient (Wildman–Crippen LogP) is 2.46. The Morgan fingerprint density at radius 3 is 2.41 bits per heavy atom. The summed E-state index contributed by atoms with van der Waals surface area (Å²) in [6.07, 6.45) is 4.13. The molecule has 0 unspecified atom stereocenters. The van der Waals surface area contributed by atoms with Crippen LogP contribution in [-0.2, 0) is 9.53 Å². The van der Waals surface area contributed by atoms with E-state index in [9.17, 15) is 19.7 Å². The van der Waals surface area contributed by atoms with Crippen molar-refractivity contribution in [2.45, 2.75) is 38.6 Å². The molecular formula is C18H24N2O7. The lowest BCUT2D eigenvalue weighted by Gasteiger charge is -2.29. The number of methoxy groups -OCH3 is 2. The van der Waals surface area contributed by atoms with Crippen molar-refractivity contribution in [3.05, 3.63) is 27.8 Å². The van der Waals surface area contributed by atoms with Crippen LogP contribution in [0.25, 0.3) is 0 Å².